The number of likely N-dealkylation sites (tertiary alicyclic amines) is 1. The van der Waals surface area contributed by atoms with Crippen LogP contribution in [0.4, 0.5) is 0 Å². The number of piperidine rings is 1. The van der Waals surface area contributed by atoms with E-state index in [-0.39, 0.29) is 5.75 Å². The average molecular weight is 291 g/mol. The predicted molar refractivity (Wildman–Crippen MR) is 79.9 cm³/mol. The molecule has 0 spiro atoms. The Morgan fingerprint density at radius 2 is 1.79 bits per heavy atom. The maximum absolute atomic E-state index is 11.7. The molecule has 1 fully saturated rings. The number of nitrogens with zero attached hydrogens (tertiary/aromatic N) is 1. The van der Waals surface area contributed by atoms with Gasteiger partial charge in [-0.15, -0.1) is 0 Å². The van der Waals surface area contributed by atoms with E-state index in [1.165, 1.54) is 19.3 Å². The highest BCUT2D eigenvalue weighted by Gasteiger charge is 2.12. The lowest BCUT2D eigenvalue weighted by Gasteiger charge is -2.26. The molecule has 0 aromatic rings. The number of rotatable bonds is 10. The van der Waals surface area contributed by atoms with Gasteiger partial charge in [-0.1, -0.05) is 13.3 Å². The van der Waals surface area contributed by atoms with E-state index in [1.54, 1.807) is 0 Å². The molecular formula is C13H29N3O2S. The van der Waals surface area contributed by atoms with E-state index in [9.17, 15) is 8.42 Å². The molecule has 0 bridgehead atoms. The summed E-state index contributed by atoms with van der Waals surface area (Å²) in [6, 6.07) is 0. The molecule has 114 valence electrons. The van der Waals surface area contributed by atoms with Crippen molar-refractivity contribution in [2.75, 3.05) is 45.0 Å². The molecule has 0 radical (unpaired) electrons. The first-order valence-corrected chi connectivity index (χ1v) is 9.19. The van der Waals surface area contributed by atoms with Crippen LogP contribution in [-0.2, 0) is 10.0 Å². The second-order valence-corrected chi connectivity index (χ2v) is 7.15. The Hall–Kier alpha value is -0.170. The van der Waals surface area contributed by atoms with Crippen LogP contribution in [0.3, 0.4) is 0 Å². The van der Waals surface area contributed by atoms with Crippen molar-refractivity contribution in [3.05, 3.63) is 0 Å². The zero-order chi connectivity index (χ0) is 14.0. The van der Waals surface area contributed by atoms with Crippen LogP contribution in [0.25, 0.3) is 0 Å². The first kappa shape index (κ1) is 16.9. The number of hydrogen-bond donors (Lipinski definition) is 2. The molecule has 0 atom stereocenters. The fourth-order valence-corrected chi connectivity index (χ4v) is 3.37. The molecule has 1 heterocycles. The van der Waals surface area contributed by atoms with Gasteiger partial charge in [0.15, 0.2) is 0 Å². The number of nitrogens with one attached hydrogen (secondary N) is 2. The molecule has 0 aromatic heterocycles. The van der Waals surface area contributed by atoms with Crippen molar-refractivity contribution in [3.63, 3.8) is 0 Å². The van der Waals surface area contributed by atoms with Gasteiger partial charge in [-0.3, -0.25) is 0 Å². The molecule has 2 N–H and O–H groups in total. The van der Waals surface area contributed by atoms with Crippen molar-refractivity contribution in [1.82, 2.24) is 14.9 Å². The molecule has 0 aromatic carbocycles. The van der Waals surface area contributed by atoms with Crippen LogP contribution >= 0.6 is 0 Å². The van der Waals surface area contributed by atoms with Crippen LogP contribution in [-0.4, -0.2) is 58.3 Å². The normalized spacial score (nSPS) is 17.7. The predicted octanol–water partition coefficient (Wildman–Crippen LogP) is 0.781. The zero-order valence-electron chi connectivity index (χ0n) is 12.2. The van der Waals surface area contributed by atoms with Gasteiger partial charge >= 0.3 is 0 Å². The third-order valence-electron chi connectivity index (χ3n) is 3.39. The first-order chi connectivity index (χ1) is 9.14. The third kappa shape index (κ3) is 8.57. The monoisotopic (exact) mass is 291 g/mol. The maximum atomic E-state index is 11.7. The summed E-state index contributed by atoms with van der Waals surface area (Å²) in [6.07, 6.45) is 5.57. The number of sulfonamides is 1. The summed E-state index contributed by atoms with van der Waals surface area (Å²) in [7, 11) is -3.09. The van der Waals surface area contributed by atoms with Gasteiger partial charge < -0.3 is 10.2 Å². The second kappa shape index (κ2) is 9.69. The molecule has 19 heavy (non-hydrogen) atoms. The van der Waals surface area contributed by atoms with Gasteiger partial charge in [0.25, 0.3) is 0 Å². The molecule has 0 saturated carbocycles. The van der Waals surface area contributed by atoms with Gasteiger partial charge in [-0.2, -0.15) is 0 Å². The standard InChI is InChI=1S/C13H29N3O2S/c1-2-7-14-8-6-13-19(17,18)15-9-12-16-10-4-3-5-11-16/h14-15H,2-13H2,1H3. The topological polar surface area (TPSA) is 61.4 Å². The van der Waals surface area contributed by atoms with Crippen LogP contribution in [0.2, 0.25) is 0 Å². The van der Waals surface area contributed by atoms with Crippen LogP contribution in [0.5, 0.6) is 0 Å². The summed E-state index contributed by atoms with van der Waals surface area (Å²) in [6.45, 7) is 7.46. The van der Waals surface area contributed by atoms with Gasteiger partial charge in [-0.05, 0) is 51.9 Å². The lowest BCUT2D eigenvalue weighted by molar-refractivity contribution is 0.233. The molecule has 1 aliphatic heterocycles. The van der Waals surface area contributed by atoms with Crippen molar-refractivity contribution in [3.8, 4) is 0 Å². The maximum Gasteiger partial charge on any atom is 0.211 e. The Bertz CT molecular complexity index is 314. The lowest BCUT2D eigenvalue weighted by atomic mass is 10.1. The fraction of sp³-hybridized carbons (Fsp3) is 1.00. The highest BCUT2D eigenvalue weighted by molar-refractivity contribution is 7.89. The summed E-state index contributed by atoms with van der Waals surface area (Å²) < 4.78 is 26.2. The fourth-order valence-electron chi connectivity index (χ4n) is 2.30. The average Bonchev–Trinajstić information content (AvgIpc) is 2.39. The lowest BCUT2D eigenvalue weighted by Crippen LogP contribution is -2.38. The second-order valence-electron chi connectivity index (χ2n) is 5.22. The van der Waals surface area contributed by atoms with Crippen molar-refractivity contribution >= 4 is 10.0 Å². The van der Waals surface area contributed by atoms with E-state index in [0.717, 1.165) is 39.1 Å². The molecular weight excluding hydrogens is 262 g/mol. The minimum absolute atomic E-state index is 0.226. The van der Waals surface area contributed by atoms with Crippen LogP contribution in [0, 0.1) is 0 Å². The summed E-state index contributed by atoms with van der Waals surface area (Å²) >= 11 is 0. The van der Waals surface area contributed by atoms with Gasteiger partial charge in [0, 0.05) is 13.1 Å². The van der Waals surface area contributed by atoms with Crippen LogP contribution in [0.1, 0.15) is 39.0 Å². The Morgan fingerprint density at radius 1 is 1.05 bits per heavy atom. The molecule has 0 amide bonds. The quantitative estimate of drug-likeness (QED) is 0.584. The Balaban J connectivity index is 2.05. The molecule has 0 unspecified atom stereocenters. The highest BCUT2D eigenvalue weighted by atomic mass is 32.2. The Labute approximate surface area is 118 Å². The van der Waals surface area contributed by atoms with E-state index in [0.29, 0.717) is 13.0 Å². The first-order valence-electron chi connectivity index (χ1n) is 7.54. The Morgan fingerprint density at radius 3 is 2.47 bits per heavy atom. The van der Waals surface area contributed by atoms with Crippen molar-refractivity contribution in [2.45, 2.75) is 39.0 Å². The third-order valence-corrected chi connectivity index (χ3v) is 4.86. The van der Waals surface area contributed by atoms with Crippen molar-refractivity contribution in [2.24, 2.45) is 0 Å². The smallest absolute Gasteiger partial charge is 0.211 e. The van der Waals surface area contributed by atoms with Gasteiger partial charge in [0.1, 0.15) is 0 Å². The molecule has 6 heteroatoms. The number of hydrogen-bond acceptors (Lipinski definition) is 4. The van der Waals surface area contributed by atoms with E-state index in [4.69, 9.17) is 0 Å². The van der Waals surface area contributed by atoms with Crippen LogP contribution in [0.15, 0.2) is 0 Å². The SMILES string of the molecule is CCCNCCCS(=O)(=O)NCCN1CCCCC1. The van der Waals surface area contributed by atoms with E-state index in [1.807, 2.05) is 0 Å². The minimum Gasteiger partial charge on any atom is -0.317 e. The molecule has 5 nitrogen and oxygen atoms in total. The van der Waals surface area contributed by atoms with E-state index < -0.39 is 10.0 Å². The molecule has 1 rings (SSSR count). The van der Waals surface area contributed by atoms with Crippen LogP contribution < -0.4 is 10.0 Å². The largest absolute Gasteiger partial charge is 0.317 e. The van der Waals surface area contributed by atoms with Gasteiger partial charge in [0.2, 0.25) is 10.0 Å². The highest BCUT2D eigenvalue weighted by Crippen LogP contribution is 2.07. The zero-order valence-corrected chi connectivity index (χ0v) is 13.0. The van der Waals surface area contributed by atoms with Crippen molar-refractivity contribution < 1.29 is 8.42 Å². The Kier molecular flexibility index (Phi) is 8.61. The summed E-state index contributed by atoms with van der Waals surface area (Å²) in [5, 5.41) is 3.21. The van der Waals surface area contributed by atoms with Gasteiger partial charge in [0.05, 0.1) is 5.75 Å². The van der Waals surface area contributed by atoms with Crippen molar-refractivity contribution in [1.29, 1.82) is 0 Å². The minimum atomic E-state index is -3.09. The van der Waals surface area contributed by atoms with E-state index in [2.05, 4.69) is 21.9 Å². The summed E-state index contributed by atoms with van der Waals surface area (Å²) in [5.41, 5.74) is 0. The molecule has 0 aliphatic carbocycles. The molecule has 1 aliphatic rings. The summed E-state index contributed by atoms with van der Waals surface area (Å²) in [4.78, 5) is 2.34. The van der Waals surface area contributed by atoms with Gasteiger partial charge in [-0.25, -0.2) is 13.1 Å². The summed E-state index contributed by atoms with van der Waals surface area (Å²) in [5.74, 6) is 0.226. The van der Waals surface area contributed by atoms with E-state index >= 15 is 0 Å². The molecule has 1 saturated heterocycles.